The molecule has 0 unspecified atom stereocenters. The smallest absolute Gasteiger partial charge is 0.326 e. The monoisotopic (exact) mass is 209 g/mol. The molecule has 0 aliphatic heterocycles. The molecule has 0 aliphatic carbocycles. The highest BCUT2D eigenvalue weighted by molar-refractivity contribution is 7.14. The van der Waals surface area contributed by atoms with Gasteiger partial charge in [-0.1, -0.05) is 0 Å². The predicted octanol–water partition coefficient (Wildman–Crippen LogP) is 1.95. The SMILES string of the molecule is NCc1ccc(C(=O)C(F)(F)F)s1. The first kappa shape index (κ1) is 10.2. The lowest BCUT2D eigenvalue weighted by Gasteiger charge is -2.01. The minimum atomic E-state index is -4.79. The molecule has 0 fully saturated rings. The normalized spacial score (nSPS) is 11.7. The van der Waals surface area contributed by atoms with Crippen LogP contribution in [0.5, 0.6) is 0 Å². The van der Waals surface area contributed by atoms with Gasteiger partial charge in [-0.15, -0.1) is 11.3 Å². The molecule has 0 radical (unpaired) electrons. The van der Waals surface area contributed by atoms with Gasteiger partial charge in [0.15, 0.2) is 0 Å². The summed E-state index contributed by atoms with van der Waals surface area (Å²) in [6, 6.07) is 2.56. The van der Waals surface area contributed by atoms with Crippen molar-refractivity contribution >= 4 is 17.1 Å². The predicted molar refractivity (Wildman–Crippen MR) is 42.6 cm³/mol. The maximum Gasteiger partial charge on any atom is 0.455 e. The number of thiophene rings is 1. The number of carbonyl (C=O) groups excluding carboxylic acids is 1. The first-order valence-corrected chi connectivity index (χ1v) is 4.17. The Balaban J connectivity index is 2.90. The summed E-state index contributed by atoms with van der Waals surface area (Å²) in [6.07, 6.45) is -4.79. The molecule has 0 aromatic carbocycles. The van der Waals surface area contributed by atoms with Crippen LogP contribution in [0.15, 0.2) is 12.1 Å². The standard InChI is InChI=1S/C7H6F3NOS/c8-7(9,10)6(12)5-2-1-4(3-11)13-5/h1-2H,3,11H2. The van der Waals surface area contributed by atoms with E-state index in [0.717, 1.165) is 17.4 Å². The van der Waals surface area contributed by atoms with Crippen molar-refractivity contribution in [1.29, 1.82) is 0 Å². The number of Topliss-reactive ketones (excluding diaryl/α,β-unsaturated/α-hetero) is 1. The second-order valence-electron chi connectivity index (χ2n) is 2.30. The van der Waals surface area contributed by atoms with Crippen LogP contribution in [-0.4, -0.2) is 12.0 Å². The van der Waals surface area contributed by atoms with Crippen LogP contribution in [0, 0.1) is 0 Å². The van der Waals surface area contributed by atoms with Crippen molar-refractivity contribution in [3.8, 4) is 0 Å². The molecule has 6 heteroatoms. The van der Waals surface area contributed by atoms with E-state index >= 15 is 0 Å². The highest BCUT2D eigenvalue weighted by Crippen LogP contribution is 2.25. The van der Waals surface area contributed by atoms with E-state index in [4.69, 9.17) is 5.73 Å². The number of hydrogen-bond acceptors (Lipinski definition) is 3. The van der Waals surface area contributed by atoms with Crippen LogP contribution in [0.3, 0.4) is 0 Å². The minimum Gasteiger partial charge on any atom is -0.326 e. The van der Waals surface area contributed by atoms with Crippen molar-refractivity contribution in [3.63, 3.8) is 0 Å². The topological polar surface area (TPSA) is 43.1 Å². The molecule has 0 saturated carbocycles. The van der Waals surface area contributed by atoms with Crippen LogP contribution in [0.2, 0.25) is 0 Å². The average molecular weight is 209 g/mol. The summed E-state index contributed by atoms with van der Waals surface area (Å²) in [7, 11) is 0. The number of alkyl halides is 3. The fourth-order valence-corrected chi connectivity index (χ4v) is 1.60. The summed E-state index contributed by atoms with van der Waals surface area (Å²) in [5.41, 5.74) is 5.19. The van der Waals surface area contributed by atoms with Gasteiger partial charge in [0.25, 0.3) is 5.78 Å². The lowest BCUT2D eigenvalue weighted by Crippen LogP contribution is -2.21. The lowest BCUT2D eigenvalue weighted by molar-refractivity contribution is -0.0882. The summed E-state index contributed by atoms with van der Waals surface area (Å²) in [5.74, 6) is -1.81. The first-order chi connectivity index (χ1) is 5.95. The van der Waals surface area contributed by atoms with Crippen LogP contribution < -0.4 is 5.73 Å². The molecule has 0 spiro atoms. The Morgan fingerprint density at radius 2 is 2.08 bits per heavy atom. The molecule has 0 atom stereocenters. The Hall–Kier alpha value is -0.880. The number of halogens is 3. The van der Waals surface area contributed by atoms with Crippen LogP contribution in [-0.2, 0) is 6.54 Å². The van der Waals surface area contributed by atoms with Gasteiger partial charge in [-0.2, -0.15) is 13.2 Å². The maximum absolute atomic E-state index is 11.9. The van der Waals surface area contributed by atoms with Crippen LogP contribution in [0.1, 0.15) is 14.5 Å². The Bertz CT molecular complexity index is 318. The highest BCUT2D eigenvalue weighted by atomic mass is 32.1. The van der Waals surface area contributed by atoms with Gasteiger partial charge < -0.3 is 5.73 Å². The van der Waals surface area contributed by atoms with Crippen LogP contribution in [0.4, 0.5) is 13.2 Å². The fourth-order valence-electron chi connectivity index (χ4n) is 0.749. The minimum absolute atomic E-state index is 0.149. The average Bonchev–Trinajstić information content (AvgIpc) is 2.48. The molecule has 0 bridgehead atoms. The summed E-state index contributed by atoms with van der Waals surface area (Å²) in [6.45, 7) is 0.149. The van der Waals surface area contributed by atoms with Gasteiger partial charge in [-0.25, -0.2) is 0 Å². The van der Waals surface area contributed by atoms with Crippen molar-refractivity contribution < 1.29 is 18.0 Å². The Morgan fingerprint density at radius 1 is 1.46 bits per heavy atom. The Labute approximate surface area is 76.2 Å². The quantitative estimate of drug-likeness (QED) is 0.756. The molecule has 1 heterocycles. The Kier molecular flexibility index (Phi) is 2.72. The number of ketones is 1. The van der Waals surface area contributed by atoms with E-state index in [1.54, 1.807) is 0 Å². The molecule has 2 nitrogen and oxygen atoms in total. The van der Waals surface area contributed by atoms with Gasteiger partial charge in [0.2, 0.25) is 0 Å². The fraction of sp³-hybridized carbons (Fsp3) is 0.286. The van der Waals surface area contributed by atoms with Crippen molar-refractivity contribution in [1.82, 2.24) is 0 Å². The molecular formula is C7H6F3NOS. The molecule has 1 aromatic heterocycles. The van der Waals surface area contributed by atoms with E-state index in [0.29, 0.717) is 4.88 Å². The molecule has 0 aliphatic rings. The third kappa shape index (κ3) is 2.28. The van der Waals surface area contributed by atoms with Gasteiger partial charge >= 0.3 is 6.18 Å². The molecule has 1 rings (SSSR count). The summed E-state index contributed by atoms with van der Waals surface area (Å²) >= 11 is 0.773. The second-order valence-corrected chi connectivity index (χ2v) is 3.47. The molecule has 13 heavy (non-hydrogen) atoms. The third-order valence-electron chi connectivity index (χ3n) is 1.34. The molecule has 72 valence electrons. The number of nitrogens with two attached hydrogens (primary N) is 1. The zero-order valence-electron chi connectivity index (χ0n) is 6.39. The number of carbonyl (C=O) groups is 1. The van der Waals surface area contributed by atoms with E-state index in [2.05, 4.69) is 0 Å². The van der Waals surface area contributed by atoms with Crippen molar-refractivity contribution in [2.45, 2.75) is 12.7 Å². The van der Waals surface area contributed by atoms with Gasteiger partial charge in [0, 0.05) is 11.4 Å². The van der Waals surface area contributed by atoms with Crippen LogP contribution >= 0.6 is 11.3 Å². The van der Waals surface area contributed by atoms with Gasteiger partial charge in [0.05, 0.1) is 4.88 Å². The van der Waals surface area contributed by atoms with E-state index < -0.39 is 12.0 Å². The van der Waals surface area contributed by atoms with E-state index in [1.807, 2.05) is 0 Å². The number of hydrogen-bond donors (Lipinski definition) is 1. The summed E-state index contributed by atoms with van der Waals surface area (Å²) in [5, 5.41) is 0. The van der Waals surface area contributed by atoms with Gasteiger partial charge in [0.1, 0.15) is 0 Å². The number of rotatable bonds is 2. The van der Waals surface area contributed by atoms with E-state index in [1.165, 1.54) is 6.07 Å². The third-order valence-corrected chi connectivity index (χ3v) is 2.45. The molecule has 0 amide bonds. The zero-order chi connectivity index (χ0) is 10.1. The van der Waals surface area contributed by atoms with Gasteiger partial charge in [-0.05, 0) is 12.1 Å². The summed E-state index contributed by atoms with van der Waals surface area (Å²) in [4.78, 5) is 10.9. The largest absolute Gasteiger partial charge is 0.455 e. The molecular weight excluding hydrogens is 203 g/mol. The Morgan fingerprint density at radius 3 is 2.46 bits per heavy atom. The van der Waals surface area contributed by atoms with Crippen molar-refractivity contribution in [2.75, 3.05) is 0 Å². The van der Waals surface area contributed by atoms with E-state index in [9.17, 15) is 18.0 Å². The maximum atomic E-state index is 11.9. The zero-order valence-corrected chi connectivity index (χ0v) is 7.21. The second kappa shape index (κ2) is 3.47. The van der Waals surface area contributed by atoms with Crippen molar-refractivity contribution in [3.05, 3.63) is 21.9 Å². The molecule has 0 saturated heterocycles. The lowest BCUT2D eigenvalue weighted by atomic mass is 10.3. The van der Waals surface area contributed by atoms with E-state index in [-0.39, 0.29) is 11.4 Å². The van der Waals surface area contributed by atoms with Gasteiger partial charge in [-0.3, -0.25) is 4.79 Å². The molecule has 1 aromatic rings. The highest BCUT2D eigenvalue weighted by Gasteiger charge is 2.39. The van der Waals surface area contributed by atoms with Crippen LogP contribution in [0.25, 0.3) is 0 Å². The molecule has 2 N–H and O–H groups in total. The first-order valence-electron chi connectivity index (χ1n) is 3.35. The van der Waals surface area contributed by atoms with Crippen molar-refractivity contribution in [2.24, 2.45) is 5.73 Å². The summed E-state index contributed by atoms with van der Waals surface area (Å²) < 4.78 is 35.6.